The molecule has 0 saturated carbocycles. The van der Waals surface area contributed by atoms with E-state index >= 15 is 0 Å². The van der Waals surface area contributed by atoms with Gasteiger partial charge in [-0.3, -0.25) is 5.10 Å². The van der Waals surface area contributed by atoms with Crippen LogP contribution in [0.4, 0.5) is 4.39 Å². The predicted molar refractivity (Wildman–Crippen MR) is 104 cm³/mol. The first-order valence-electron chi connectivity index (χ1n) is 9.28. The molecule has 2 aromatic carbocycles. The van der Waals surface area contributed by atoms with Crippen LogP contribution in [0.25, 0.3) is 33.5 Å². The first-order chi connectivity index (χ1) is 13.2. The Balaban J connectivity index is 1.59. The van der Waals surface area contributed by atoms with Crippen LogP contribution in [-0.2, 0) is 19.4 Å². The fourth-order valence-corrected chi connectivity index (χ4v) is 3.82. The summed E-state index contributed by atoms with van der Waals surface area (Å²) in [6.07, 6.45) is 1.78. The number of nitrogens with one attached hydrogen (secondary N) is 3. The van der Waals surface area contributed by atoms with E-state index in [9.17, 15) is 4.39 Å². The standard InChI is InChI=1S/C21H20FN5/c1-2-12-3-5-14(22)10-16(12)13-4-6-15-18(9-13)26-27-20(15)21-24-17-7-8-23-11-19(17)25-21/h3-6,9-10,23H,2,7-8,11H2,1H3,(H,24,25)(H,26,27). The Hall–Kier alpha value is -2.99. The highest BCUT2D eigenvalue weighted by Crippen LogP contribution is 2.31. The fourth-order valence-electron chi connectivity index (χ4n) is 3.82. The molecule has 4 aromatic rings. The van der Waals surface area contributed by atoms with E-state index in [4.69, 9.17) is 4.98 Å². The molecule has 3 heterocycles. The van der Waals surface area contributed by atoms with E-state index in [0.29, 0.717) is 0 Å². The lowest BCUT2D eigenvalue weighted by molar-refractivity contribution is 0.627. The molecule has 3 N–H and O–H groups in total. The largest absolute Gasteiger partial charge is 0.339 e. The Morgan fingerprint density at radius 2 is 2.07 bits per heavy atom. The lowest BCUT2D eigenvalue weighted by Crippen LogP contribution is -2.23. The molecule has 2 aromatic heterocycles. The Labute approximate surface area is 156 Å². The van der Waals surface area contributed by atoms with E-state index in [1.165, 1.54) is 6.07 Å². The van der Waals surface area contributed by atoms with Crippen molar-refractivity contribution >= 4 is 10.9 Å². The van der Waals surface area contributed by atoms with E-state index < -0.39 is 0 Å². The van der Waals surface area contributed by atoms with E-state index in [1.807, 2.05) is 24.3 Å². The summed E-state index contributed by atoms with van der Waals surface area (Å²) in [5, 5.41) is 12.0. The van der Waals surface area contributed by atoms with Crippen molar-refractivity contribution < 1.29 is 4.39 Å². The van der Waals surface area contributed by atoms with Gasteiger partial charge in [-0.25, -0.2) is 9.37 Å². The lowest BCUT2D eigenvalue weighted by atomic mass is 9.97. The number of aromatic amines is 2. The van der Waals surface area contributed by atoms with Crippen molar-refractivity contribution in [2.45, 2.75) is 26.3 Å². The van der Waals surface area contributed by atoms with Crippen molar-refractivity contribution in [1.82, 2.24) is 25.5 Å². The molecule has 0 spiro atoms. The molecule has 1 aliphatic rings. The lowest BCUT2D eigenvalue weighted by Gasteiger charge is -2.09. The fraction of sp³-hybridized carbons (Fsp3) is 0.238. The van der Waals surface area contributed by atoms with Gasteiger partial charge in [-0.2, -0.15) is 5.10 Å². The number of aromatic nitrogens is 4. The molecule has 5 nitrogen and oxygen atoms in total. The van der Waals surface area contributed by atoms with Crippen LogP contribution in [0, 0.1) is 5.82 Å². The second-order valence-electron chi connectivity index (χ2n) is 6.93. The molecule has 0 atom stereocenters. The molecule has 0 saturated heterocycles. The van der Waals surface area contributed by atoms with Crippen LogP contribution in [0.1, 0.15) is 23.9 Å². The van der Waals surface area contributed by atoms with Crippen LogP contribution in [0.3, 0.4) is 0 Å². The quantitative estimate of drug-likeness (QED) is 0.517. The van der Waals surface area contributed by atoms with Gasteiger partial charge in [0.1, 0.15) is 11.5 Å². The summed E-state index contributed by atoms with van der Waals surface area (Å²) in [4.78, 5) is 8.13. The number of benzene rings is 2. The first kappa shape index (κ1) is 16.2. The zero-order chi connectivity index (χ0) is 18.4. The molecule has 0 bridgehead atoms. The van der Waals surface area contributed by atoms with Crippen molar-refractivity contribution in [3.05, 3.63) is 59.2 Å². The van der Waals surface area contributed by atoms with Crippen LogP contribution in [-0.4, -0.2) is 26.7 Å². The second-order valence-corrected chi connectivity index (χ2v) is 6.93. The van der Waals surface area contributed by atoms with Crippen LogP contribution in [0.15, 0.2) is 36.4 Å². The van der Waals surface area contributed by atoms with Crippen LogP contribution in [0.5, 0.6) is 0 Å². The molecule has 136 valence electrons. The smallest absolute Gasteiger partial charge is 0.159 e. The number of H-pyrrole nitrogens is 2. The third-order valence-corrected chi connectivity index (χ3v) is 5.26. The summed E-state index contributed by atoms with van der Waals surface area (Å²) >= 11 is 0. The summed E-state index contributed by atoms with van der Waals surface area (Å²) in [6.45, 7) is 3.85. The molecule has 6 heteroatoms. The summed E-state index contributed by atoms with van der Waals surface area (Å²) in [5.74, 6) is 0.574. The minimum absolute atomic E-state index is 0.220. The highest BCUT2D eigenvalue weighted by molar-refractivity contribution is 5.94. The second kappa shape index (κ2) is 6.32. The summed E-state index contributed by atoms with van der Waals surface area (Å²) in [6, 6.07) is 11.1. The zero-order valence-corrected chi connectivity index (χ0v) is 15.1. The minimum atomic E-state index is -0.220. The van der Waals surface area contributed by atoms with E-state index in [0.717, 1.165) is 76.4 Å². The molecule has 0 fully saturated rings. The zero-order valence-electron chi connectivity index (χ0n) is 15.1. The van der Waals surface area contributed by atoms with E-state index in [1.54, 1.807) is 6.07 Å². The van der Waals surface area contributed by atoms with Crippen molar-refractivity contribution in [2.75, 3.05) is 6.54 Å². The Morgan fingerprint density at radius 1 is 1.15 bits per heavy atom. The number of rotatable bonds is 3. The topological polar surface area (TPSA) is 69.4 Å². The molecule has 27 heavy (non-hydrogen) atoms. The molecule has 0 aliphatic carbocycles. The van der Waals surface area contributed by atoms with E-state index in [-0.39, 0.29) is 5.82 Å². The molecule has 1 aliphatic heterocycles. The van der Waals surface area contributed by atoms with Gasteiger partial charge >= 0.3 is 0 Å². The average Bonchev–Trinajstić information content (AvgIpc) is 3.31. The maximum absolute atomic E-state index is 13.8. The van der Waals surface area contributed by atoms with Crippen molar-refractivity contribution in [3.8, 4) is 22.6 Å². The summed E-state index contributed by atoms with van der Waals surface area (Å²) < 4.78 is 13.8. The third-order valence-electron chi connectivity index (χ3n) is 5.26. The van der Waals surface area contributed by atoms with Gasteiger partial charge in [-0.05, 0) is 47.4 Å². The first-order valence-corrected chi connectivity index (χ1v) is 9.28. The number of nitrogens with zero attached hydrogens (tertiary/aromatic N) is 2. The minimum Gasteiger partial charge on any atom is -0.339 e. The van der Waals surface area contributed by atoms with Crippen molar-refractivity contribution in [2.24, 2.45) is 0 Å². The number of halogens is 1. The Bertz CT molecular complexity index is 1120. The highest BCUT2D eigenvalue weighted by atomic mass is 19.1. The Morgan fingerprint density at radius 3 is 2.93 bits per heavy atom. The molecular weight excluding hydrogens is 341 g/mol. The summed E-state index contributed by atoms with van der Waals surface area (Å²) in [7, 11) is 0. The average molecular weight is 361 g/mol. The van der Waals surface area contributed by atoms with Crippen LogP contribution < -0.4 is 5.32 Å². The third kappa shape index (κ3) is 2.73. The highest BCUT2D eigenvalue weighted by Gasteiger charge is 2.18. The number of imidazole rings is 1. The number of fused-ring (bicyclic) bond motifs is 2. The van der Waals surface area contributed by atoms with Gasteiger partial charge in [0.2, 0.25) is 0 Å². The molecule has 0 radical (unpaired) electrons. The number of aryl methyl sites for hydroxylation is 1. The molecule has 5 rings (SSSR count). The molecule has 0 amide bonds. The van der Waals surface area contributed by atoms with Gasteiger partial charge in [0.05, 0.1) is 16.9 Å². The van der Waals surface area contributed by atoms with Gasteiger partial charge in [-0.1, -0.05) is 19.1 Å². The van der Waals surface area contributed by atoms with E-state index in [2.05, 4.69) is 27.4 Å². The number of hydrogen-bond donors (Lipinski definition) is 3. The molecule has 0 unspecified atom stereocenters. The van der Waals surface area contributed by atoms with Crippen molar-refractivity contribution in [1.29, 1.82) is 0 Å². The summed E-state index contributed by atoms with van der Waals surface area (Å²) in [5.41, 5.74) is 7.02. The van der Waals surface area contributed by atoms with Crippen molar-refractivity contribution in [3.63, 3.8) is 0 Å². The van der Waals surface area contributed by atoms with Gasteiger partial charge in [0.15, 0.2) is 5.82 Å². The predicted octanol–water partition coefficient (Wildman–Crippen LogP) is 3.97. The van der Waals surface area contributed by atoms with Gasteiger partial charge in [0, 0.05) is 24.9 Å². The SMILES string of the molecule is CCc1ccc(F)cc1-c1ccc2c(-c3nc4c([nH]3)CNCC4)n[nH]c2c1. The monoisotopic (exact) mass is 361 g/mol. The van der Waals surface area contributed by atoms with Gasteiger partial charge < -0.3 is 10.3 Å². The molecular formula is C21H20FN5. The van der Waals surface area contributed by atoms with Gasteiger partial charge in [0.25, 0.3) is 0 Å². The van der Waals surface area contributed by atoms with Crippen LogP contribution in [0.2, 0.25) is 0 Å². The Kier molecular flexibility index (Phi) is 3.79. The number of hydrogen-bond acceptors (Lipinski definition) is 3. The maximum Gasteiger partial charge on any atom is 0.159 e. The normalized spacial score (nSPS) is 13.9. The van der Waals surface area contributed by atoms with Gasteiger partial charge in [-0.15, -0.1) is 0 Å². The maximum atomic E-state index is 13.8. The van der Waals surface area contributed by atoms with Crippen LogP contribution >= 0.6 is 0 Å².